The van der Waals surface area contributed by atoms with Gasteiger partial charge in [0.15, 0.2) is 11.5 Å². The maximum atomic E-state index is 11.7. The van der Waals surface area contributed by atoms with Gasteiger partial charge in [0.25, 0.3) is 0 Å². The largest absolute Gasteiger partial charge is 0.504 e. The molecule has 0 spiro atoms. The van der Waals surface area contributed by atoms with E-state index in [-0.39, 0.29) is 5.75 Å². The molecule has 0 radical (unpaired) electrons. The topological polar surface area (TPSA) is 83.0 Å². The number of phenols is 1. The molecule has 0 aliphatic heterocycles. The average molecular weight is 334 g/mol. The van der Waals surface area contributed by atoms with E-state index in [1.807, 2.05) is 6.92 Å². The Morgan fingerprint density at radius 3 is 2.91 bits per heavy atom. The van der Waals surface area contributed by atoms with Crippen LogP contribution in [0, 0.1) is 0 Å². The van der Waals surface area contributed by atoms with Gasteiger partial charge in [-0.3, -0.25) is 0 Å². The molecule has 0 aliphatic rings. The van der Waals surface area contributed by atoms with E-state index in [2.05, 4.69) is 15.8 Å². The van der Waals surface area contributed by atoms with E-state index in [1.54, 1.807) is 36.4 Å². The molecule has 2 rings (SSSR count). The second-order valence-electron chi connectivity index (χ2n) is 4.49. The first-order chi connectivity index (χ1) is 11.1. The number of nitrogens with zero attached hydrogens (tertiary/aromatic N) is 1. The number of hydrogen-bond acceptors (Lipinski definition) is 4. The molecule has 2 aromatic rings. The van der Waals surface area contributed by atoms with Gasteiger partial charge in [-0.1, -0.05) is 17.7 Å². The highest BCUT2D eigenvalue weighted by molar-refractivity contribution is 6.30. The molecule has 6 nitrogen and oxygen atoms in total. The van der Waals surface area contributed by atoms with Gasteiger partial charge in [0.2, 0.25) is 0 Å². The van der Waals surface area contributed by atoms with E-state index in [1.165, 1.54) is 12.3 Å². The van der Waals surface area contributed by atoms with Crippen LogP contribution in [0.5, 0.6) is 11.5 Å². The van der Waals surface area contributed by atoms with Crippen LogP contribution in [0.4, 0.5) is 10.5 Å². The molecular formula is C16H16ClN3O3. The van der Waals surface area contributed by atoms with Crippen LogP contribution in [0.1, 0.15) is 12.5 Å². The number of halogens is 1. The van der Waals surface area contributed by atoms with Crippen molar-refractivity contribution in [3.8, 4) is 11.5 Å². The minimum atomic E-state index is -0.493. The molecule has 0 unspecified atom stereocenters. The molecular weight excluding hydrogens is 318 g/mol. The van der Waals surface area contributed by atoms with Crippen LogP contribution >= 0.6 is 11.6 Å². The zero-order chi connectivity index (χ0) is 16.7. The quantitative estimate of drug-likeness (QED) is 0.577. The summed E-state index contributed by atoms with van der Waals surface area (Å²) in [5.41, 5.74) is 3.58. The summed E-state index contributed by atoms with van der Waals surface area (Å²) in [6, 6.07) is 11.1. The fourth-order valence-electron chi connectivity index (χ4n) is 1.77. The van der Waals surface area contributed by atoms with E-state index in [0.717, 1.165) is 0 Å². The van der Waals surface area contributed by atoms with Crippen LogP contribution in [-0.4, -0.2) is 24.0 Å². The number of ether oxygens (including phenoxy) is 1. The molecule has 2 aromatic carbocycles. The summed E-state index contributed by atoms with van der Waals surface area (Å²) in [6.45, 7) is 2.26. The standard InChI is InChI=1S/C16H16ClN3O3/c1-2-23-15-8-11(6-7-14(15)21)10-18-20-16(22)19-13-5-3-4-12(17)9-13/h3-10,21H,2H2,1H3,(H2,19,20,22). The molecule has 2 amide bonds. The molecule has 0 aromatic heterocycles. The van der Waals surface area contributed by atoms with Gasteiger partial charge < -0.3 is 15.2 Å². The van der Waals surface area contributed by atoms with Crippen molar-refractivity contribution in [3.05, 3.63) is 53.1 Å². The lowest BCUT2D eigenvalue weighted by atomic mass is 10.2. The maximum Gasteiger partial charge on any atom is 0.339 e. The predicted molar refractivity (Wildman–Crippen MR) is 90.5 cm³/mol. The lowest BCUT2D eigenvalue weighted by Gasteiger charge is -2.06. The number of hydrogen-bond donors (Lipinski definition) is 3. The van der Waals surface area contributed by atoms with Gasteiger partial charge in [0.1, 0.15) is 0 Å². The SMILES string of the molecule is CCOc1cc(C=NNC(=O)Nc2cccc(Cl)c2)ccc1O. The minimum absolute atomic E-state index is 0.0515. The van der Waals surface area contributed by atoms with Gasteiger partial charge in [0.05, 0.1) is 12.8 Å². The minimum Gasteiger partial charge on any atom is -0.504 e. The fourth-order valence-corrected chi connectivity index (χ4v) is 1.96. The molecule has 0 fully saturated rings. The van der Waals surface area contributed by atoms with Crippen LogP contribution < -0.4 is 15.5 Å². The smallest absolute Gasteiger partial charge is 0.339 e. The number of phenolic OH excluding ortho intramolecular Hbond substituents is 1. The highest BCUT2D eigenvalue weighted by Gasteiger charge is 2.03. The fraction of sp³-hybridized carbons (Fsp3) is 0.125. The molecule has 0 aliphatic carbocycles. The van der Waals surface area contributed by atoms with Gasteiger partial charge in [-0.05, 0) is 48.9 Å². The Morgan fingerprint density at radius 1 is 1.35 bits per heavy atom. The molecule has 3 N–H and O–H groups in total. The van der Waals surface area contributed by atoms with Crippen molar-refractivity contribution in [2.75, 3.05) is 11.9 Å². The van der Waals surface area contributed by atoms with E-state index in [9.17, 15) is 9.90 Å². The summed E-state index contributed by atoms with van der Waals surface area (Å²) in [5.74, 6) is 0.412. The average Bonchev–Trinajstić information content (AvgIpc) is 2.50. The number of rotatable bonds is 5. The normalized spacial score (nSPS) is 10.5. The van der Waals surface area contributed by atoms with E-state index in [4.69, 9.17) is 16.3 Å². The molecule has 0 saturated carbocycles. The number of amides is 2. The Balaban J connectivity index is 1.93. The van der Waals surface area contributed by atoms with E-state index in [0.29, 0.717) is 28.6 Å². The van der Waals surface area contributed by atoms with E-state index < -0.39 is 6.03 Å². The second kappa shape index (κ2) is 8.05. The Labute approximate surface area is 138 Å². The number of nitrogens with one attached hydrogen (secondary N) is 2. The molecule has 7 heteroatoms. The molecule has 0 bridgehead atoms. The van der Waals surface area contributed by atoms with Crippen molar-refractivity contribution < 1.29 is 14.6 Å². The summed E-state index contributed by atoms with van der Waals surface area (Å²) in [6.07, 6.45) is 1.44. The van der Waals surface area contributed by atoms with Gasteiger partial charge >= 0.3 is 6.03 Å². The highest BCUT2D eigenvalue weighted by atomic mass is 35.5. The number of urea groups is 1. The third kappa shape index (κ3) is 5.19. The lowest BCUT2D eigenvalue weighted by molar-refractivity contribution is 0.252. The first kappa shape index (κ1) is 16.6. The van der Waals surface area contributed by atoms with Crippen LogP contribution in [0.3, 0.4) is 0 Å². The number of aromatic hydroxyl groups is 1. The van der Waals surface area contributed by atoms with E-state index >= 15 is 0 Å². The monoisotopic (exact) mass is 333 g/mol. The van der Waals surface area contributed by atoms with Crippen molar-refractivity contribution >= 4 is 29.5 Å². The summed E-state index contributed by atoms with van der Waals surface area (Å²) in [7, 11) is 0. The van der Waals surface area contributed by atoms with Gasteiger partial charge in [-0.15, -0.1) is 0 Å². The zero-order valence-electron chi connectivity index (χ0n) is 12.4. The summed E-state index contributed by atoms with van der Waals surface area (Å²) < 4.78 is 5.27. The van der Waals surface area contributed by atoms with Crippen molar-refractivity contribution in [2.24, 2.45) is 5.10 Å². The van der Waals surface area contributed by atoms with Crippen LogP contribution in [0.15, 0.2) is 47.6 Å². The second-order valence-corrected chi connectivity index (χ2v) is 4.93. The summed E-state index contributed by atoms with van der Waals surface area (Å²) >= 11 is 5.83. The third-order valence-corrected chi connectivity index (χ3v) is 2.98. The van der Waals surface area contributed by atoms with Crippen molar-refractivity contribution in [1.29, 1.82) is 0 Å². The molecule has 0 heterocycles. The third-order valence-electron chi connectivity index (χ3n) is 2.75. The van der Waals surface area contributed by atoms with Crippen LogP contribution in [0.2, 0.25) is 5.02 Å². The molecule has 120 valence electrons. The van der Waals surface area contributed by atoms with Crippen molar-refractivity contribution in [1.82, 2.24) is 5.43 Å². The molecule has 0 atom stereocenters. The lowest BCUT2D eigenvalue weighted by Crippen LogP contribution is -2.24. The predicted octanol–water partition coefficient (Wildman–Crippen LogP) is 3.60. The number of carbonyl (C=O) groups excluding carboxylic acids is 1. The Kier molecular flexibility index (Phi) is 5.82. The first-order valence-electron chi connectivity index (χ1n) is 6.90. The first-order valence-corrected chi connectivity index (χ1v) is 7.27. The van der Waals surface area contributed by atoms with Crippen LogP contribution in [-0.2, 0) is 0 Å². The number of anilines is 1. The van der Waals surface area contributed by atoms with Gasteiger partial charge in [-0.25, -0.2) is 10.2 Å². The molecule has 23 heavy (non-hydrogen) atoms. The van der Waals surface area contributed by atoms with Crippen LogP contribution in [0.25, 0.3) is 0 Å². The summed E-state index contributed by atoms with van der Waals surface area (Å²) in [5, 5.41) is 16.6. The number of benzene rings is 2. The molecule has 0 saturated heterocycles. The maximum absolute atomic E-state index is 11.7. The Bertz CT molecular complexity index is 719. The Morgan fingerprint density at radius 2 is 2.17 bits per heavy atom. The zero-order valence-corrected chi connectivity index (χ0v) is 13.2. The number of hydrazone groups is 1. The highest BCUT2D eigenvalue weighted by Crippen LogP contribution is 2.26. The number of carbonyl (C=O) groups is 1. The van der Waals surface area contributed by atoms with Gasteiger partial charge in [-0.2, -0.15) is 5.10 Å². The van der Waals surface area contributed by atoms with Crippen molar-refractivity contribution in [3.63, 3.8) is 0 Å². The van der Waals surface area contributed by atoms with Crippen molar-refractivity contribution in [2.45, 2.75) is 6.92 Å². The Hall–Kier alpha value is -2.73. The summed E-state index contributed by atoms with van der Waals surface area (Å²) in [4.78, 5) is 11.7. The van der Waals surface area contributed by atoms with Gasteiger partial charge in [0, 0.05) is 10.7 Å².